The summed E-state index contributed by atoms with van der Waals surface area (Å²) in [5, 5.41) is 19.1. The molecule has 2 heterocycles. The number of azo groups is 1. The number of sulfonamides is 1. The van der Waals surface area contributed by atoms with Crippen LogP contribution in [0.4, 0.5) is 36.2 Å². The maximum atomic E-state index is 13.2. The molecule has 0 bridgehead atoms. The highest BCUT2D eigenvalue weighted by Gasteiger charge is 2.46. The van der Waals surface area contributed by atoms with Gasteiger partial charge in [-0.3, -0.25) is 4.72 Å². The number of aryl methyl sites for hydroxylation is 1. The van der Waals surface area contributed by atoms with Crippen molar-refractivity contribution in [2.45, 2.75) is 95.0 Å². The van der Waals surface area contributed by atoms with Gasteiger partial charge in [0, 0.05) is 36.5 Å². The fraction of sp³-hybridized carbons (Fsp3) is 0.630. The first kappa shape index (κ1) is 29.6. The Kier molecular flexibility index (Phi) is 8.81. The molecule has 41 heavy (non-hydrogen) atoms. The second kappa shape index (κ2) is 12.2. The molecule has 2 fully saturated rings. The van der Waals surface area contributed by atoms with Gasteiger partial charge in [0.05, 0.1) is 17.5 Å². The van der Waals surface area contributed by atoms with E-state index in [0.29, 0.717) is 36.5 Å². The number of ether oxygens (including phenoxy) is 1. The Hall–Kier alpha value is -2.84. The average molecular weight is 597 g/mol. The van der Waals surface area contributed by atoms with Gasteiger partial charge in [0.25, 0.3) is 5.95 Å². The van der Waals surface area contributed by atoms with Crippen LogP contribution in [0.3, 0.4) is 0 Å². The van der Waals surface area contributed by atoms with Gasteiger partial charge in [-0.05, 0) is 63.1 Å². The molecule has 0 saturated heterocycles. The number of nitrogens with zero attached hydrogens (tertiary/aromatic N) is 5. The minimum absolute atomic E-state index is 0.0210. The number of halogens is 3. The summed E-state index contributed by atoms with van der Waals surface area (Å²) in [5.41, 5.74) is -3.32. The van der Waals surface area contributed by atoms with Crippen LogP contribution in [-0.2, 0) is 21.2 Å². The summed E-state index contributed by atoms with van der Waals surface area (Å²) in [5.74, 6) is 0.0444. The van der Waals surface area contributed by atoms with Crippen molar-refractivity contribution in [3.8, 4) is 0 Å². The molecule has 5 rings (SSSR count). The largest absolute Gasteiger partial charge is 0.516 e. The molecule has 2 N–H and O–H groups in total. The first-order chi connectivity index (χ1) is 19.6. The van der Waals surface area contributed by atoms with Crippen LogP contribution in [0.1, 0.15) is 93.7 Å². The third-order valence-electron chi connectivity index (χ3n) is 8.06. The lowest BCUT2D eigenvalue weighted by molar-refractivity contribution is -0.138. The number of benzene rings is 1. The molecule has 1 aromatic heterocycles. The zero-order valence-electron chi connectivity index (χ0n) is 22.9. The highest BCUT2D eigenvalue weighted by atomic mass is 32.2. The van der Waals surface area contributed by atoms with Crippen LogP contribution >= 0.6 is 0 Å². The molecule has 1 aromatic carbocycles. The van der Waals surface area contributed by atoms with Crippen molar-refractivity contribution in [2.24, 2.45) is 10.2 Å². The zero-order chi connectivity index (χ0) is 29.2. The van der Waals surface area contributed by atoms with Crippen molar-refractivity contribution in [2.75, 3.05) is 22.7 Å². The molecule has 10 nitrogen and oxygen atoms in total. The molecule has 0 radical (unpaired) electrons. The van der Waals surface area contributed by atoms with E-state index in [1.165, 1.54) is 12.3 Å². The number of anilines is 2. The summed E-state index contributed by atoms with van der Waals surface area (Å²) < 4.78 is 71.3. The van der Waals surface area contributed by atoms with Gasteiger partial charge in [-0.15, -0.1) is 10.2 Å². The van der Waals surface area contributed by atoms with Gasteiger partial charge in [-0.2, -0.15) is 21.6 Å². The van der Waals surface area contributed by atoms with Gasteiger partial charge in [0.15, 0.2) is 6.29 Å². The molecule has 1 unspecified atom stereocenters. The fourth-order valence-electron chi connectivity index (χ4n) is 5.93. The SMILES string of the molecule is CCN1CCCc2cc(N=Nc3ncc(C(O)OC4CCCC4)c(C4CCCC4)n3)c(NS(=O)(=O)C(F)(F)F)cc21. The molecule has 1 aliphatic heterocycles. The lowest BCUT2D eigenvalue weighted by Gasteiger charge is -2.31. The first-order valence-electron chi connectivity index (χ1n) is 14.2. The molecule has 1 atom stereocenters. The van der Waals surface area contributed by atoms with Crippen molar-refractivity contribution in [3.05, 3.63) is 35.2 Å². The number of rotatable bonds is 9. The highest BCUT2D eigenvalue weighted by molar-refractivity contribution is 7.93. The van der Waals surface area contributed by atoms with E-state index >= 15 is 0 Å². The van der Waals surface area contributed by atoms with Crippen LogP contribution in [0.25, 0.3) is 0 Å². The van der Waals surface area contributed by atoms with E-state index in [4.69, 9.17) is 4.74 Å². The summed E-state index contributed by atoms with van der Waals surface area (Å²) in [6.07, 6.45) is 9.49. The van der Waals surface area contributed by atoms with E-state index in [1.807, 2.05) is 11.8 Å². The predicted octanol–water partition coefficient (Wildman–Crippen LogP) is 6.53. The van der Waals surface area contributed by atoms with Crippen molar-refractivity contribution in [1.29, 1.82) is 0 Å². The normalized spacial score (nSPS) is 19.7. The molecule has 3 aliphatic rings. The van der Waals surface area contributed by atoms with Gasteiger partial charge < -0.3 is 14.7 Å². The average Bonchev–Trinajstić information content (AvgIpc) is 3.65. The van der Waals surface area contributed by atoms with Crippen LogP contribution in [0.2, 0.25) is 0 Å². The van der Waals surface area contributed by atoms with Crippen molar-refractivity contribution < 1.29 is 31.4 Å². The number of fused-ring (bicyclic) bond motifs is 1. The molecule has 2 saturated carbocycles. The minimum atomic E-state index is -5.69. The van der Waals surface area contributed by atoms with Gasteiger partial charge in [-0.1, -0.05) is 25.7 Å². The second-order valence-electron chi connectivity index (χ2n) is 10.8. The third-order valence-corrected chi connectivity index (χ3v) is 9.15. The van der Waals surface area contributed by atoms with E-state index < -0.39 is 21.8 Å². The van der Waals surface area contributed by atoms with Gasteiger partial charge in [-0.25, -0.2) is 9.97 Å². The molecular formula is C27H35F3N6O4S. The summed E-state index contributed by atoms with van der Waals surface area (Å²) in [4.78, 5) is 10.8. The number of alkyl halides is 3. The highest BCUT2D eigenvalue weighted by Crippen LogP contribution is 2.41. The van der Waals surface area contributed by atoms with Crippen LogP contribution in [0.5, 0.6) is 0 Å². The molecular weight excluding hydrogens is 561 g/mol. The molecule has 14 heteroatoms. The molecule has 2 aromatic rings. The monoisotopic (exact) mass is 596 g/mol. The molecule has 2 aliphatic carbocycles. The number of aromatic nitrogens is 2. The lowest BCUT2D eigenvalue weighted by Crippen LogP contribution is -2.31. The quantitative estimate of drug-likeness (QED) is 0.249. The number of nitrogens with one attached hydrogen (secondary N) is 1. The van der Waals surface area contributed by atoms with Crippen molar-refractivity contribution >= 4 is 33.0 Å². The maximum absolute atomic E-state index is 13.2. The maximum Gasteiger partial charge on any atom is 0.516 e. The molecule has 224 valence electrons. The molecule has 0 amide bonds. The zero-order valence-corrected chi connectivity index (χ0v) is 23.7. The summed E-state index contributed by atoms with van der Waals surface area (Å²) in [7, 11) is -5.69. The van der Waals surface area contributed by atoms with E-state index in [-0.39, 0.29) is 29.3 Å². The van der Waals surface area contributed by atoms with Crippen LogP contribution in [0.15, 0.2) is 28.6 Å². The third kappa shape index (κ3) is 6.64. The Bertz CT molecular complexity index is 1380. The first-order valence-corrected chi connectivity index (χ1v) is 15.7. The van der Waals surface area contributed by atoms with E-state index in [9.17, 15) is 26.7 Å². The summed E-state index contributed by atoms with van der Waals surface area (Å²) in [6.45, 7) is 3.23. The number of aliphatic hydroxyl groups excluding tert-OH is 1. The Balaban J connectivity index is 1.49. The van der Waals surface area contributed by atoms with Gasteiger partial charge >= 0.3 is 15.5 Å². The smallest absolute Gasteiger partial charge is 0.372 e. The standard InChI is InChI=1S/C27H35F3N6O4S/c1-2-36-13-7-10-18-14-21(22(15-23(18)36)35-41(38,39)27(28,29)30)33-34-26-31-16-20(24(32-26)17-8-3-4-9-17)25(37)40-19-11-5-6-12-19/h14-17,19,25,35,37H,2-13H2,1H3. The van der Waals surface area contributed by atoms with Crippen molar-refractivity contribution in [1.82, 2.24) is 9.97 Å². The summed E-state index contributed by atoms with van der Waals surface area (Å²) in [6, 6.07) is 2.93. The Morgan fingerprint density at radius 1 is 1.12 bits per heavy atom. The summed E-state index contributed by atoms with van der Waals surface area (Å²) >= 11 is 0. The van der Waals surface area contributed by atoms with Gasteiger partial charge in [0.2, 0.25) is 0 Å². The number of hydrogen-bond donors (Lipinski definition) is 2. The van der Waals surface area contributed by atoms with Gasteiger partial charge in [0.1, 0.15) is 5.69 Å². The number of aliphatic hydroxyl groups is 1. The Labute approximate surface area is 237 Å². The predicted molar refractivity (Wildman–Crippen MR) is 147 cm³/mol. The van der Waals surface area contributed by atoms with Crippen LogP contribution in [-0.4, -0.2) is 48.2 Å². The molecule has 0 spiro atoms. The second-order valence-corrected chi connectivity index (χ2v) is 12.5. The fourth-order valence-corrected chi connectivity index (χ4v) is 6.50. The van der Waals surface area contributed by atoms with E-state index in [0.717, 1.165) is 63.4 Å². The van der Waals surface area contributed by atoms with E-state index in [1.54, 1.807) is 10.8 Å². The Morgan fingerprint density at radius 3 is 2.51 bits per heavy atom. The Morgan fingerprint density at radius 2 is 1.83 bits per heavy atom. The number of hydrogen-bond acceptors (Lipinski definition) is 9. The van der Waals surface area contributed by atoms with Crippen molar-refractivity contribution in [3.63, 3.8) is 0 Å². The minimum Gasteiger partial charge on any atom is -0.372 e. The lowest BCUT2D eigenvalue weighted by atomic mass is 9.99. The van der Waals surface area contributed by atoms with Crippen LogP contribution in [0, 0.1) is 0 Å². The van der Waals surface area contributed by atoms with E-state index in [2.05, 4.69) is 20.2 Å². The topological polar surface area (TPSA) is 129 Å². The van der Waals surface area contributed by atoms with Crippen LogP contribution < -0.4 is 9.62 Å².